The molecule has 2 aliphatic rings. The lowest BCUT2D eigenvalue weighted by Crippen LogP contribution is -2.35. The van der Waals surface area contributed by atoms with Crippen molar-refractivity contribution in [2.45, 2.75) is 45.3 Å². The average molecular weight is 350 g/mol. The van der Waals surface area contributed by atoms with E-state index in [9.17, 15) is 19.8 Å². The van der Waals surface area contributed by atoms with Gasteiger partial charge in [0.1, 0.15) is 12.2 Å². The van der Waals surface area contributed by atoms with Gasteiger partial charge in [0.05, 0.1) is 25.0 Å². The number of hydrogen-bond acceptors (Lipinski definition) is 6. The van der Waals surface area contributed by atoms with Crippen molar-refractivity contribution in [1.29, 1.82) is 0 Å². The molecular formula is C19H26O6. The Kier molecular flexibility index (Phi) is 6.56. The van der Waals surface area contributed by atoms with Gasteiger partial charge in [-0.1, -0.05) is 18.2 Å². The van der Waals surface area contributed by atoms with Crippen LogP contribution in [-0.2, 0) is 19.1 Å². The Morgan fingerprint density at radius 1 is 1.48 bits per heavy atom. The average Bonchev–Trinajstić information content (AvgIpc) is 2.86. The van der Waals surface area contributed by atoms with Gasteiger partial charge in [-0.3, -0.25) is 4.79 Å². The van der Waals surface area contributed by atoms with E-state index in [0.29, 0.717) is 12.8 Å². The van der Waals surface area contributed by atoms with Crippen LogP contribution in [-0.4, -0.2) is 47.6 Å². The highest BCUT2D eigenvalue weighted by Gasteiger charge is 2.44. The molecule has 0 unspecified atom stereocenters. The van der Waals surface area contributed by atoms with Crippen LogP contribution < -0.4 is 0 Å². The number of carbonyl (C=O) groups is 2. The van der Waals surface area contributed by atoms with Gasteiger partial charge >= 0.3 is 11.9 Å². The van der Waals surface area contributed by atoms with Gasteiger partial charge in [-0.2, -0.15) is 0 Å². The summed E-state index contributed by atoms with van der Waals surface area (Å²) < 4.78 is 11.0. The Morgan fingerprint density at radius 2 is 2.20 bits per heavy atom. The summed E-state index contributed by atoms with van der Waals surface area (Å²) in [5.41, 5.74) is 2.07. The predicted octanol–water partition coefficient (Wildman–Crippen LogP) is 1.67. The fourth-order valence-electron chi connectivity index (χ4n) is 3.11. The number of allylic oxidation sites excluding steroid dienone is 1. The second-order valence-electron chi connectivity index (χ2n) is 6.76. The molecule has 1 aliphatic heterocycles. The third-order valence-corrected chi connectivity index (χ3v) is 4.69. The van der Waals surface area contributed by atoms with Crippen LogP contribution in [0, 0.1) is 11.8 Å². The standard InChI is InChI=1S/C19H26O6/c1-11-5-4-6-14(10-21)8-16-17(13(3)19(23)25-16)15(7-11)24-18(22)12(2)9-20/h5,8,12,15-17,20-21H,3-4,6-7,9-10H2,1-2H3/b11-5-,14-8+/t12-,15-,16+,17+/m0/s1. The van der Waals surface area contributed by atoms with Gasteiger partial charge in [-0.15, -0.1) is 0 Å². The maximum absolute atomic E-state index is 12.2. The minimum Gasteiger partial charge on any atom is -0.461 e. The molecule has 2 rings (SSSR count). The van der Waals surface area contributed by atoms with Crippen LogP contribution >= 0.6 is 0 Å². The Labute approximate surface area is 147 Å². The molecule has 0 radical (unpaired) electrons. The first-order valence-electron chi connectivity index (χ1n) is 8.54. The monoisotopic (exact) mass is 350 g/mol. The molecule has 1 saturated heterocycles. The molecular weight excluding hydrogens is 324 g/mol. The highest BCUT2D eigenvalue weighted by molar-refractivity contribution is 5.91. The minimum atomic E-state index is -0.645. The van der Waals surface area contributed by atoms with Crippen molar-refractivity contribution in [3.63, 3.8) is 0 Å². The zero-order valence-electron chi connectivity index (χ0n) is 14.7. The summed E-state index contributed by atoms with van der Waals surface area (Å²) in [5.74, 6) is -2.19. The van der Waals surface area contributed by atoms with Gasteiger partial charge in [0, 0.05) is 12.0 Å². The van der Waals surface area contributed by atoms with E-state index in [0.717, 1.165) is 17.6 Å². The maximum atomic E-state index is 12.2. The summed E-state index contributed by atoms with van der Waals surface area (Å²) in [5, 5.41) is 18.7. The Bertz CT molecular complexity index is 603. The van der Waals surface area contributed by atoms with Gasteiger partial charge in [-0.25, -0.2) is 4.79 Å². The van der Waals surface area contributed by atoms with E-state index < -0.39 is 36.0 Å². The van der Waals surface area contributed by atoms with Crippen molar-refractivity contribution in [2.24, 2.45) is 11.8 Å². The van der Waals surface area contributed by atoms with Crippen LogP contribution in [0.1, 0.15) is 33.1 Å². The third kappa shape index (κ3) is 4.58. The molecule has 2 N–H and O–H groups in total. The zero-order chi connectivity index (χ0) is 18.6. The van der Waals surface area contributed by atoms with E-state index in [4.69, 9.17) is 9.47 Å². The predicted molar refractivity (Wildman–Crippen MR) is 91.4 cm³/mol. The highest BCUT2D eigenvalue weighted by Crippen LogP contribution is 2.36. The van der Waals surface area contributed by atoms with Crippen LogP contribution in [0.3, 0.4) is 0 Å². The third-order valence-electron chi connectivity index (χ3n) is 4.69. The molecule has 1 aliphatic carbocycles. The van der Waals surface area contributed by atoms with Gasteiger partial charge < -0.3 is 19.7 Å². The van der Waals surface area contributed by atoms with Gasteiger partial charge in [-0.05, 0) is 38.3 Å². The van der Waals surface area contributed by atoms with Crippen molar-refractivity contribution in [3.05, 3.63) is 35.5 Å². The number of aliphatic hydroxyl groups excluding tert-OH is 2. The first-order chi connectivity index (χ1) is 11.9. The van der Waals surface area contributed by atoms with E-state index in [1.165, 1.54) is 0 Å². The van der Waals surface area contributed by atoms with E-state index in [1.54, 1.807) is 13.0 Å². The van der Waals surface area contributed by atoms with Crippen molar-refractivity contribution >= 4 is 11.9 Å². The van der Waals surface area contributed by atoms with Crippen LogP contribution in [0.15, 0.2) is 35.5 Å². The van der Waals surface area contributed by atoms with Gasteiger partial charge in [0.25, 0.3) is 0 Å². The molecule has 0 aromatic heterocycles. The number of rotatable bonds is 4. The van der Waals surface area contributed by atoms with Crippen molar-refractivity contribution < 1.29 is 29.3 Å². The van der Waals surface area contributed by atoms with Gasteiger partial charge in [0.2, 0.25) is 0 Å². The fourth-order valence-corrected chi connectivity index (χ4v) is 3.11. The molecule has 4 atom stereocenters. The van der Waals surface area contributed by atoms with Crippen molar-refractivity contribution in [2.75, 3.05) is 13.2 Å². The molecule has 0 aromatic carbocycles. The second-order valence-corrected chi connectivity index (χ2v) is 6.76. The van der Waals surface area contributed by atoms with E-state index in [2.05, 4.69) is 6.58 Å². The molecule has 1 heterocycles. The largest absolute Gasteiger partial charge is 0.461 e. The first-order valence-corrected chi connectivity index (χ1v) is 8.54. The molecule has 0 aromatic rings. The van der Waals surface area contributed by atoms with Gasteiger partial charge in [0.15, 0.2) is 0 Å². The minimum absolute atomic E-state index is 0.119. The molecule has 0 saturated carbocycles. The normalized spacial score (nSPS) is 32.6. The summed E-state index contributed by atoms with van der Waals surface area (Å²) in [4.78, 5) is 24.2. The molecule has 6 nitrogen and oxygen atoms in total. The second kappa shape index (κ2) is 8.45. The summed E-state index contributed by atoms with van der Waals surface area (Å²) in [6, 6.07) is 0. The van der Waals surface area contributed by atoms with E-state index in [-0.39, 0.29) is 18.8 Å². The fraction of sp³-hybridized carbons (Fsp3) is 0.579. The number of ether oxygens (including phenoxy) is 2. The lowest BCUT2D eigenvalue weighted by molar-refractivity contribution is -0.157. The summed E-state index contributed by atoms with van der Waals surface area (Å²) in [7, 11) is 0. The Morgan fingerprint density at radius 3 is 2.84 bits per heavy atom. The van der Waals surface area contributed by atoms with Crippen LogP contribution in [0.2, 0.25) is 0 Å². The molecule has 0 amide bonds. The van der Waals surface area contributed by atoms with E-state index >= 15 is 0 Å². The molecule has 138 valence electrons. The lowest BCUT2D eigenvalue weighted by Gasteiger charge is -2.28. The molecule has 1 fully saturated rings. The zero-order valence-corrected chi connectivity index (χ0v) is 14.7. The molecule has 0 spiro atoms. The SMILES string of the molecule is C=C1C(=O)O[C@@H]2/C=C(/CO)CC/C=C(/C)C[C@H](OC(=O)[C@@H](C)CO)[C@@H]12. The van der Waals surface area contributed by atoms with Crippen LogP contribution in [0.5, 0.6) is 0 Å². The first kappa shape index (κ1) is 19.4. The van der Waals surface area contributed by atoms with E-state index in [1.807, 2.05) is 13.0 Å². The number of aliphatic hydroxyl groups is 2. The number of hydrogen-bond donors (Lipinski definition) is 2. The molecule has 0 bridgehead atoms. The Balaban J connectivity index is 2.37. The number of fused-ring (bicyclic) bond motifs is 1. The number of carbonyl (C=O) groups excluding carboxylic acids is 2. The topological polar surface area (TPSA) is 93.1 Å². The number of esters is 2. The van der Waals surface area contributed by atoms with Crippen LogP contribution in [0.25, 0.3) is 0 Å². The van der Waals surface area contributed by atoms with Crippen LogP contribution in [0.4, 0.5) is 0 Å². The quantitative estimate of drug-likeness (QED) is 0.455. The molecule has 6 heteroatoms. The highest BCUT2D eigenvalue weighted by atomic mass is 16.6. The maximum Gasteiger partial charge on any atom is 0.334 e. The van der Waals surface area contributed by atoms with Crippen molar-refractivity contribution in [3.8, 4) is 0 Å². The smallest absolute Gasteiger partial charge is 0.334 e. The summed E-state index contributed by atoms with van der Waals surface area (Å²) in [6.45, 7) is 6.91. The summed E-state index contributed by atoms with van der Waals surface area (Å²) in [6.07, 6.45) is 4.44. The van der Waals surface area contributed by atoms with Crippen molar-refractivity contribution in [1.82, 2.24) is 0 Å². The molecule has 25 heavy (non-hydrogen) atoms. The summed E-state index contributed by atoms with van der Waals surface area (Å²) >= 11 is 0. The lowest BCUT2D eigenvalue weighted by atomic mass is 9.85. The Hall–Kier alpha value is -1.92.